The number of hydrogen-bond donors (Lipinski definition) is 1. The Bertz CT molecular complexity index is 1430. The number of hydrogen-bond acceptors (Lipinski definition) is 5. The highest BCUT2D eigenvalue weighted by Crippen LogP contribution is 2.40. The lowest BCUT2D eigenvalue weighted by Gasteiger charge is -2.35. The van der Waals surface area contributed by atoms with Gasteiger partial charge in [0.15, 0.2) is 0 Å². The van der Waals surface area contributed by atoms with Gasteiger partial charge in [-0.1, -0.05) is 64.8 Å². The number of halogens is 1. The summed E-state index contributed by atoms with van der Waals surface area (Å²) in [6.45, 7) is 3.88. The van der Waals surface area contributed by atoms with E-state index in [1.807, 2.05) is 74.5 Å². The Morgan fingerprint density at radius 1 is 1.03 bits per heavy atom. The molecule has 0 radical (unpaired) electrons. The number of methoxy groups -OCH3 is 1. The first-order valence-electron chi connectivity index (χ1n) is 11.1. The van der Waals surface area contributed by atoms with Crippen LogP contribution in [-0.4, -0.2) is 23.3 Å². The highest BCUT2D eigenvalue weighted by atomic mass is 35.5. The number of carbonyl (C=O) groups is 1. The molecule has 2 amide bonds. The van der Waals surface area contributed by atoms with Crippen LogP contribution in [0, 0.1) is 6.92 Å². The van der Waals surface area contributed by atoms with Gasteiger partial charge in [0.1, 0.15) is 5.75 Å². The van der Waals surface area contributed by atoms with Gasteiger partial charge in [-0.3, -0.25) is 4.90 Å². The molecule has 0 bridgehead atoms. The van der Waals surface area contributed by atoms with E-state index in [9.17, 15) is 4.79 Å². The highest BCUT2D eigenvalue weighted by Gasteiger charge is 2.36. The van der Waals surface area contributed by atoms with Gasteiger partial charge in [-0.15, -0.1) is 0 Å². The Morgan fingerprint density at radius 2 is 1.80 bits per heavy atom. The second kappa shape index (κ2) is 9.27. The fourth-order valence-electron chi connectivity index (χ4n) is 4.17. The van der Waals surface area contributed by atoms with E-state index in [0.717, 1.165) is 16.7 Å². The minimum atomic E-state index is -0.533. The van der Waals surface area contributed by atoms with E-state index in [4.69, 9.17) is 25.8 Å². The maximum atomic E-state index is 13.3. The summed E-state index contributed by atoms with van der Waals surface area (Å²) in [6, 6.07) is 21.7. The summed E-state index contributed by atoms with van der Waals surface area (Å²) in [5, 5.41) is 7.87. The fourth-order valence-corrected chi connectivity index (χ4v) is 4.37. The van der Waals surface area contributed by atoms with Crippen molar-refractivity contribution in [2.24, 2.45) is 0 Å². The average molecular weight is 487 g/mol. The quantitative estimate of drug-likeness (QED) is 0.352. The number of ether oxygens (including phenoxy) is 1. The van der Waals surface area contributed by atoms with E-state index in [2.05, 4.69) is 10.5 Å². The zero-order valence-electron chi connectivity index (χ0n) is 19.4. The third kappa shape index (κ3) is 4.38. The Labute approximate surface area is 208 Å². The summed E-state index contributed by atoms with van der Waals surface area (Å²) in [7, 11) is 1.59. The van der Waals surface area contributed by atoms with Gasteiger partial charge in [0, 0.05) is 22.3 Å². The minimum absolute atomic E-state index is 0.289. The number of rotatable bonds is 5. The number of carbonyl (C=O) groups excluding carboxylic acids is 1. The number of amides is 2. The summed E-state index contributed by atoms with van der Waals surface area (Å²) in [4.78, 5) is 19.6. The van der Waals surface area contributed by atoms with Crippen LogP contribution >= 0.6 is 11.6 Å². The molecule has 8 heteroatoms. The molecule has 0 saturated carbocycles. The number of urea groups is 1. The van der Waals surface area contributed by atoms with Gasteiger partial charge in [0.25, 0.3) is 5.89 Å². The van der Waals surface area contributed by atoms with E-state index in [1.54, 1.807) is 24.1 Å². The van der Waals surface area contributed by atoms with Gasteiger partial charge in [-0.25, -0.2) is 4.79 Å². The molecule has 0 fully saturated rings. The van der Waals surface area contributed by atoms with Crippen LogP contribution in [0.2, 0.25) is 5.02 Å². The van der Waals surface area contributed by atoms with E-state index >= 15 is 0 Å². The number of nitrogens with zero attached hydrogens (tertiary/aromatic N) is 3. The van der Waals surface area contributed by atoms with E-state index in [1.165, 1.54) is 0 Å². The van der Waals surface area contributed by atoms with Gasteiger partial charge in [-0.2, -0.15) is 4.98 Å². The van der Waals surface area contributed by atoms with Crippen molar-refractivity contribution in [1.82, 2.24) is 15.5 Å². The second-order valence-electron chi connectivity index (χ2n) is 8.26. The van der Waals surface area contributed by atoms with Crippen molar-refractivity contribution in [3.8, 4) is 17.1 Å². The third-order valence-corrected chi connectivity index (χ3v) is 6.18. The summed E-state index contributed by atoms with van der Waals surface area (Å²) in [6.07, 6.45) is 0. The van der Waals surface area contributed by atoms with Gasteiger partial charge >= 0.3 is 6.03 Å². The van der Waals surface area contributed by atoms with Gasteiger partial charge in [0.2, 0.25) is 5.82 Å². The smallest absolute Gasteiger partial charge is 0.327 e. The first-order chi connectivity index (χ1) is 16.9. The number of allylic oxidation sites excluding steroid dienone is 1. The first kappa shape index (κ1) is 22.7. The normalized spacial score (nSPS) is 15.8. The molecule has 3 aromatic carbocycles. The Balaban J connectivity index is 1.66. The molecule has 1 N–H and O–H groups in total. The van der Waals surface area contributed by atoms with Crippen molar-refractivity contribution in [1.29, 1.82) is 0 Å². The summed E-state index contributed by atoms with van der Waals surface area (Å²) in [5.74, 6) is 1.42. The van der Waals surface area contributed by atoms with Crippen LogP contribution in [0.3, 0.4) is 0 Å². The third-order valence-electron chi connectivity index (χ3n) is 5.94. The van der Waals surface area contributed by atoms with Crippen molar-refractivity contribution in [3.05, 3.63) is 101 Å². The Morgan fingerprint density at radius 3 is 2.54 bits per heavy atom. The van der Waals surface area contributed by atoms with Crippen LogP contribution < -0.4 is 15.0 Å². The molecule has 7 nitrogen and oxygen atoms in total. The molecule has 5 rings (SSSR count). The van der Waals surface area contributed by atoms with Crippen molar-refractivity contribution in [2.45, 2.75) is 19.9 Å². The zero-order valence-corrected chi connectivity index (χ0v) is 20.2. The van der Waals surface area contributed by atoms with Crippen LogP contribution in [-0.2, 0) is 0 Å². The topological polar surface area (TPSA) is 80.5 Å². The molecule has 1 aliphatic heterocycles. The van der Waals surface area contributed by atoms with Gasteiger partial charge < -0.3 is 14.6 Å². The fraction of sp³-hybridized carbons (Fsp3) is 0.148. The largest absolute Gasteiger partial charge is 0.497 e. The average Bonchev–Trinajstić information content (AvgIpc) is 3.34. The van der Waals surface area contributed by atoms with Crippen LogP contribution in [0.25, 0.3) is 17.0 Å². The molecular formula is C27H23ClN4O3. The molecule has 176 valence electrons. The van der Waals surface area contributed by atoms with Crippen LogP contribution in [0.5, 0.6) is 5.75 Å². The lowest BCUT2D eigenvalue weighted by Crippen LogP contribution is -2.46. The van der Waals surface area contributed by atoms with Crippen molar-refractivity contribution in [3.63, 3.8) is 0 Å². The number of aromatic nitrogens is 2. The Kier molecular flexibility index (Phi) is 6.01. The molecule has 1 unspecified atom stereocenters. The number of nitrogens with one attached hydrogen (secondary N) is 1. The number of anilines is 1. The molecule has 35 heavy (non-hydrogen) atoms. The van der Waals surface area contributed by atoms with Gasteiger partial charge in [-0.05, 0) is 43.7 Å². The molecule has 1 aliphatic rings. The maximum absolute atomic E-state index is 13.3. The van der Waals surface area contributed by atoms with Crippen molar-refractivity contribution in [2.75, 3.05) is 12.0 Å². The highest BCUT2D eigenvalue weighted by molar-refractivity contribution is 6.30. The Hall–Kier alpha value is -4.10. The number of aryl methyl sites for hydroxylation is 1. The van der Waals surface area contributed by atoms with Crippen LogP contribution in [0.1, 0.15) is 30.0 Å². The van der Waals surface area contributed by atoms with Crippen molar-refractivity contribution < 1.29 is 14.1 Å². The summed E-state index contributed by atoms with van der Waals surface area (Å²) < 4.78 is 11.1. The molecular weight excluding hydrogens is 464 g/mol. The predicted molar refractivity (Wildman–Crippen MR) is 135 cm³/mol. The van der Waals surface area contributed by atoms with Crippen LogP contribution in [0.4, 0.5) is 10.5 Å². The van der Waals surface area contributed by atoms with E-state index in [0.29, 0.717) is 39.4 Å². The molecule has 0 aliphatic carbocycles. The first-order valence-corrected chi connectivity index (χ1v) is 11.4. The second-order valence-corrected chi connectivity index (χ2v) is 8.70. The zero-order chi connectivity index (χ0) is 24.5. The minimum Gasteiger partial charge on any atom is -0.497 e. The summed E-state index contributed by atoms with van der Waals surface area (Å²) >= 11 is 6.28. The SMILES string of the molecule is COc1cccc(N2C(=O)NC(c3cccc(Cl)c3)C(c3nc(-c4ccc(C)cc4)no3)=C2C)c1. The van der Waals surface area contributed by atoms with Crippen molar-refractivity contribution >= 4 is 28.9 Å². The summed E-state index contributed by atoms with van der Waals surface area (Å²) in [5.41, 5.74) is 4.78. The van der Waals surface area contributed by atoms with E-state index in [-0.39, 0.29) is 6.03 Å². The molecule has 0 saturated heterocycles. The molecule has 0 spiro atoms. The molecule has 1 aromatic heterocycles. The van der Waals surface area contributed by atoms with Gasteiger partial charge in [0.05, 0.1) is 24.4 Å². The molecule has 1 atom stereocenters. The van der Waals surface area contributed by atoms with Crippen LogP contribution in [0.15, 0.2) is 83.0 Å². The predicted octanol–water partition coefficient (Wildman–Crippen LogP) is 6.41. The monoisotopic (exact) mass is 486 g/mol. The van der Waals surface area contributed by atoms with E-state index < -0.39 is 6.04 Å². The maximum Gasteiger partial charge on any atom is 0.327 e. The molecule has 4 aromatic rings. The standard InChI is InChI=1S/C27H23ClN4O3/c1-16-10-12-18(13-11-16)25-30-26(35-31-25)23-17(2)32(21-8-5-9-22(15-21)34-3)27(33)29-24(23)19-6-4-7-20(28)14-19/h4-15,24H,1-3H3,(H,29,33). The number of benzene rings is 3. The lowest BCUT2D eigenvalue weighted by molar-refractivity contribution is 0.244. The molecule has 2 heterocycles. The lowest BCUT2D eigenvalue weighted by atomic mass is 9.94.